The van der Waals surface area contributed by atoms with E-state index in [9.17, 15) is 4.79 Å². The lowest BCUT2D eigenvalue weighted by atomic mass is 9.97. The Labute approximate surface area is 128 Å². The predicted octanol–water partition coefficient (Wildman–Crippen LogP) is 2.72. The second kappa shape index (κ2) is 5.37. The lowest BCUT2D eigenvalue weighted by Crippen LogP contribution is -2.26. The Hall–Kier alpha value is -2.49. The fourth-order valence-electron chi connectivity index (χ4n) is 3.17. The van der Waals surface area contributed by atoms with Gasteiger partial charge in [-0.25, -0.2) is 4.68 Å². The molecule has 3 aromatic rings. The van der Waals surface area contributed by atoms with Crippen LogP contribution in [0.1, 0.15) is 29.7 Å². The number of nitrogens with zero attached hydrogens (tertiary/aromatic N) is 3. The van der Waals surface area contributed by atoms with Gasteiger partial charge in [-0.2, -0.15) is 5.10 Å². The van der Waals surface area contributed by atoms with Crippen LogP contribution in [0, 0.1) is 0 Å². The first kappa shape index (κ1) is 13.2. The number of hydrogen-bond donors (Lipinski definition) is 0. The van der Waals surface area contributed by atoms with Crippen molar-refractivity contribution in [2.75, 3.05) is 0 Å². The van der Waals surface area contributed by atoms with Gasteiger partial charge in [0.05, 0.1) is 17.8 Å². The quantitative estimate of drug-likeness (QED) is 0.729. The lowest BCUT2D eigenvalue weighted by molar-refractivity contribution is 0.575. The summed E-state index contributed by atoms with van der Waals surface area (Å²) in [5.41, 5.74) is 4.16. The largest absolute Gasteiger partial charge is 0.268 e. The first-order chi connectivity index (χ1) is 10.8. The third-order valence-corrected chi connectivity index (χ3v) is 4.31. The Bertz CT molecular complexity index is 893. The van der Waals surface area contributed by atoms with Crippen LogP contribution in [-0.2, 0) is 19.4 Å². The smallest absolute Gasteiger partial charge is 0.267 e. The van der Waals surface area contributed by atoms with Crippen LogP contribution in [0.4, 0.5) is 0 Å². The Kier molecular flexibility index (Phi) is 3.22. The van der Waals surface area contributed by atoms with Gasteiger partial charge in [0, 0.05) is 17.6 Å². The van der Waals surface area contributed by atoms with Crippen LogP contribution in [0.2, 0.25) is 0 Å². The number of hydrogen-bond acceptors (Lipinski definition) is 3. The number of aromatic nitrogens is 3. The van der Waals surface area contributed by atoms with Crippen LogP contribution in [0.3, 0.4) is 0 Å². The molecule has 0 radical (unpaired) electrons. The second-order valence-corrected chi connectivity index (χ2v) is 5.81. The first-order valence-electron chi connectivity index (χ1n) is 7.74. The first-order valence-corrected chi connectivity index (χ1v) is 7.74. The predicted molar refractivity (Wildman–Crippen MR) is 86.0 cm³/mol. The summed E-state index contributed by atoms with van der Waals surface area (Å²) in [7, 11) is 0. The van der Waals surface area contributed by atoms with E-state index in [1.165, 1.54) is 0 Å². The standard InChI is InChI=1S/C18H17N3O/c22-17-11-14-5-1-2-9-16(14)20-21(17)12-15-7-3-6-13-8-4-10-19-18(13)15/h3-4,6-8,10-11H,1-2,5,9,12H2. The van der Waals surface area contributed by atoms with Gasteiger partial charge in [0.2, 0.25) is 0 Å². The Morgan fingerprint density at radius 3 is 2.91 bits per heavy atom. The van der Waals surface area contributed by atoms with Gasteiger partial charge in [-0.05, 0) is 42.9 Å². The molecule has 0 unspecified atom stereocenters. The van der Waals surface area contributed by atoms with E-state index in [0.29, 0.717) is 6.54 Å². The highest BCUT2D eigenvalue weighted by Gasteiger charge is 2.14. The average molecular weight is 291 g/mol. The summed E-state index contributed by atoms with van der Waals surface area (Å²) in [4.78, 5) is 16.8. The van der Waals surface area contributed by atoms with Crippen LogP contribution in [-0.4, -0.2) is 14.8 Å². The molecule has 0 saturated heterocycles. The molecule has 0 bridgehead atoms. The molecule has 1 aliphatic carbocycles. The van der Waals surface area contributed by atoms with E-state index in [4.69, 9.17) is 0 Å². The summed E-state index contributed by atoms with van der Waals surface area (Å²) in [6.07, 6.45) is 6.06. The Morgan fingerprint density at radius 2 is 1.95 bits per heavy atom. The maximum absolute atomic E-state index is 12.3. The maximum Gasteiger partial charge on any atom is 0.267 e. The van der Waals surface area contributed by atoms with E-state index in [0.717, 1.165) is 53.4 Å². The Balaban J connectivity index is 1.78. The minimum absolute atomic E-state index is 0.0198. The highest BCUT2D eigenvalue weighted by atomic mass is 16.1. The van der Waals surface area contributed by atoms with E-state index >= 15 is 0 Å². The van der Waals surface area contributed by atoms with Gasteiger partial charge in [0.1, 0.15) is 0 Å². The molecule has 4 nitrogen and oxygen atoms in total. The molecule has 2 heterocycles. The van der Waals surface area contributed by atoms with Crippen molar-refractivity contribution in [2.45, 2.75) is 32.2 Å². The monoisotopic (exact) mass is 291 g/mol. The zero-order valence-electron chi connectivity index (χ0n) is 12.3. The highest BCUT2D eigenvalue weighted by molar-refractivity contribution is 5.81. The van der Waals surface area contributed by atoms with Crippen molar-refractivity contribution in [3.05, 3.63) is 69.8 Å². The van der Waals surface area contributed by atoms with E-state index in [2.05, 4.69) is 10.1 Å². The minimum atomic E-state index is -0.0198. The third kappa shape index (κ3) is 2.30. The molecule has 0 fully saturated rings. The van der Waals surface area contributed by atoms with Crippen LogP contribution in [0.15, 0.2) is 47.4 Å². The highest BCUT2D eigenvalue weighted by Crippen LogP contribution is 2.19. The topological polar surface area (TPSA) is 47.8 Å². The number of para-hydroxylation sites is 1. The zero-order chi connectivity index (χ0) is 14.9. The van der Waals surface area contributed by atoms with Crippen molar-refractivity contribution in [1.82, 2.24) is 14.8 Å². The summed E-state index contributed by atoms with van der Waals surface area (Å²) in [5.74, 6) is 0. The van der Waals surface area contributed by atoms with Crippen molar-refractivity contribution in [1.29, 1.82) is 0 Å². The third-order valence-electron chi connectivity index (χ3n) is 4.31. The molecule has 1 aromatic carbocycles. The van der Waals surface area contributed by atoms with Crippen molar-refractivity contribution in [2.24, 2.45) is 0 Å². The molecule has 4 heteroatoms. The number of fused-ring (bicyclic) bond motifs is 2. The molecule has 110 valence electrons. The van der Waals surface area contributed by atoms with E-state index in [1.807, 2.05) is 30.3 Å². The molecule has 0 saturated carbocycles. The SMILES string of the molecule is O=c1cc2c(nn1Cc1cccc3cccnc13)CCCC2. The molecule has 2 aromatic heterocycles. The van der Waals surface area contributed by atoms with Crippen molar-refractivity contribution < 1.29 is 0 Å². The average Bonchev–Trinajstić information content (AvgIpc) is 2.56. The van der Waals surface area contributed by atoms with Gasteiger partial charge in [-0.3, -0.25) is 9.78 Å². The van der Waals surface area contributed by atoms with Crippen molar-refractivity contribution >= 4 is 10.9 Å². The second-order valence-electron chi connectivity index (χ2n) is 5.81. The van der Waals surface area contributed by atoms with Crippen LogP contribution in [0.5, 0.6) is 0 Å². The van der Waals surface area contributed by atoms with Crippen LogP contribution >= 0.6 is 0 Å². The zero-order valence-corrected chi connectivity index (χ0v) is 12.3. The fraction of sp³-hybridized carbons (Fsp3) is 0.278. The summed E-state index contributed by atoms with van der Waals surface area (Å²) in [6.45, 7) is 0.473. The summed E-state index contributed by atoms with van der Waals surface area (Å²) < 4.78 is 1.58. The van der Waals surface area contributed by atoms with Gasteiger partial charge in [-0.15, -0.1) is 0 Å². The number of rotatable bonds is 2. The normalized spacial score (nSPS) is 14.0. The molecule has 0 amide bonds. The summed E-state index contributed by atoms with van der Waals surface area (Å²) >= 11 is 0. The molecule has 4 rings (SSSR count). The number of aryl methyl sites for hydroxylation is 2. The van der Waals surface area contributed by atoms with Gasteiger partial charge in [0.25, 0.3) is 5.56 Å². The molecule has 0 spiro atoms. The Morgan fingerprint density at radius 1 is 1.09 bits per heavy atom. The van der Waals surface area contributed by atoms with E-state index < -0.39 is 0 Å². The molecule has 22 heavy (non-hydrogen) atoms. The van der Waals surface area contributed by atoms with Gasteiger partial charge in [0.15, 0.2) is 0 Å². The summed E-state index contributed by atoms with van der Waals surface area (Å²) in [5, 5.41) is 5.68. The van der Waals surface area contributed by atoms with Crippen LogP contribution < -0.4 is 5.56 Å². The molecular formula is C18H17N3O. The van der Waals surface area contributed by atoms with Crippen molar-refractivity contribution in [3.8, 4) is 0 Å². The molecular weight excluding hydrogens is 274 g/mol. The molecule has 0 atom stereocenters. The molecule has 1 aliphatic rings. The van der Waals surface area contributed by atoms with Crippen LogP contribution in [0.25, 0.3) is 10.9 Å². The molecule has 0 N–H and O–H groups in total. The fourth-order valence-corrected chi connectivity index (χ4v) is 3.17. The van der Waals surface area contributed by atoms with Gasteiger partial charge < -0.3 is 0 Å². The maximum atomic E-state index is 12.3. The molecule has 0 aliphatic heterocycles. The van der Waals surface area contributed by atoms with Gasteiger partial charge >= 0.3 is 0 Å². The van der Waals surface area contributed by atoms with Gasteiger partial charge in [-0.1, -0.05) is 24.3 Å². The van der Waals surface area contributed by atoms with E-state index in [-0.39, 0.29) is 5.56 Å². The summed E-state index contributed by atoms with van der Waals surface area (Å²) in [6, 6.07) is 11.8. The number of pyridine rings is 1. The lowest BCUT2D eigenvalue weighted by Gasteiger charge is -2.16. The van der Waals surface area contributed by atoms with E-state index in [1.54, 1.807) is 16.9 Å². The number of benzene rings is 1. The van der Waals surface area contributed by atoms with Crippen molar-refractivity contribution in [3.63, 3.8) is 0 Å². The minimum Gasteiger partial charge on any atom is -0.268 e.